The highest BCUT2D eigenvalue weighted by atomic mass is 32.1. The van der Waals surface area contributed by atoms with Crippen molar-refractivity contribution in [1.82, 2.24) is 9.80 Å². The molecule has 1 atom stereocenters. The highest BCUT2D eigenvalue weighted by molar-refractivity contribution is 7.12. The highest BCUT2D eigenvalue weighted by Crippen LogP contribution is 2.20. The largest absolute Gasteiger partial charge is 0.467 e. The Bertz CT molecular complexity index is 824. The summed E-state index contributed by atoms with van der Waals surface area (Å²) >= 11 is 1.29. The summed E-state index contributed by atoms with van der Waals surface area (Å²) in [6, 6.07) is 7.92. The summed E-state index contributed by atoms with van der Waals surface area (Å²) in [4.78, 5) is 40.9. The van der Waals surface area contributed by atoms with Crippen molar-refractivity contribution >= 4 is 29.1 Å². The number of rotatable bonds is 3. The number of hydrogen-bond acceptors (Lipinski definition) is 5. The van der Waals surface area contributed by atoms with Crippen molar-refractivity contribution in [2.24, 2.45) is 0 Å². The molecule has 1 aromatic carbocycles. The van der Waals surface area contributed by atoms with Crippen LogP contribution in [0.1, 0.15) is 20.0 Å². The maximum absolute atomic E-state index is 13.4. The van der Waals surface area contributed by atoms with Gasteiger partial charge in [-0.1, -0.05) is 12.1 Å². The van der Waals surface area contributed by atoms with Crippen LogP contribution in [0.2, 0.25) is 0 Å². The summed E-state index contributed by atoms with van der Waals surface area (Å²) in [6.07, 6.45) is 0. The van der Waals surface area contributed by atoms with Crippen molar-refractivity contribution in [2.75, 3.05) is 26.7 Å². The van der Waals surface area contributed by atoms with E-state index in [-0.39, 0.29) is 37.0 Å². The molecule has 1 saturated heterocycles. The predicted octanol–water partition coefficient (Wildman–Crippen LogP) is 2.03. The van der Waals surface area contributed by atoms with Gasteiger partial charge in [0.2, 0.25) is 0 Å². The summed E-state index contributed by atoms with van der Waals surface area (Å²) in [6.45, 7) is 0.441. The second kappa shape index (κ2) is 7.65. The smallest absolute Gasteiger partial charge is 0.330 e. The Balaban J connectivity index is 1.81. The second-order valence-electron chi connectivity index (χ2n) is 5.78. The van der Waals surface area contributed by atoms with Crippen LogP contribution in [0.3, 0.4) is 0 Å². The van der Waals surface area contributed by atoms with Gasteiger partial charge < -0.3 is 14.5 Å². The zero-order chi connectivity index (χ0) is 18.7. The number of piperazine rings is 1. The Morgan fingerprint density at radius 3 is 2.62 bits per heavy atom. The Morgan fingerprint density at radius 1 is 1.15 bits per heavy atom. The molecule has 2 amide bonds. The number of hydrogen-bond donors (Lipinski definition) is 0. The lowest BCUT2D eigenvalue weighted by Crippen LogP contribution is -2.59. The normalized spacial score (nSPS) is 17.1. The molecule has 0 N–H and O–H groups in total. The van der Waals surface area contributed by atoms with E-state index in [0.29, 0.717) is 4.88 Å². The van der Waals surface area contributed by atoms with Crippen molar-refractivity contribution < 1.29 is 23.5 Å². The number of ether oxygens (including phenoxy) is 1. The number of nitrogens with zero attached hydrogens (tertiary/aromatic N) is 2. The van der Waals surface area contributed by atoms with E-state index in [1.807, 2.05) is 0 Å². The number of amides is 2. The molecule has 1 fully saturated rings. The van der Waals surface area contributed by atoms with Gasteiger partial charge >= 0.3 is 5.97 Å². The van der Waals surface area contributed by atoms with Crippen LogP contribution in [0.15, 0.2) is 41.8 Å². The van der Waals surface area contributed by atoms with E-state index < -0.39 is 17.8 Å². The average molecular weight is 376 g/mol. The van der Waals surface area contributed by atoms with Crippen LogP contribution < -0.4 is 0 Å². The van der Waals surface area contributed by atoms with Gasteiger partial charge in [0.05, 0.1) is 18.5 Å². The lowest BCUT2D eigenvalue weighted by molar-refractivity contribution is -0.147. The molecule has 0 radical (unpaired) electrons. The van der Waals surface area contributed by atoms with Crippen molar-refractivity contribution in [3.05, 3.63) is 58.0 Å². The molecule has 2 aromatic rings. The maximum Gasteiger partial charge on any atom is 0.330 e. The monoisotopic (exact) mass is 376 g/mol. The van der Waals surface area contributed by atoms with Gasteiger partial charge in [-0.2, -0.15) is 0 Å². The van der Waals surface area contributed by atoms with Crippen LogP contribution in [0, 0.1) is 5.82 Å². The third kappa shape index (κ3) is 3.60. The molecule has 1 aliphatic heterocycles. The van der Waals surface area contributed by atoms with E-state index in [1.165, 1.54) is 46.4 Å². The first-order valence-corrected chi connectivity index (χ1v) is 8.86. The molecule has 136 valence electrons. The van der Waals surface area contributed by atoms with Crippen LogP contribution in [0.5, 0.6) is 0 Å². The van der Waals surface area contributed by atoms with Crippen LogP contribution in [0.4, 0.5) is 4.39 Å². The zero-order valence-corrected chi connectivity index (χ0v) is 14.9. The lowest BCUT2D eigenvalue weighted by atomic mass is 10.1. The molecular weight excluding hydrogens is 359 g/mol. The minimum Gasteiger partial charge on any atom is -0.467 e. The van der Waals surface area contributed by atoms with E-state index in [0.717, 1.165) is 6.07 Å². The summed E-state index contributed by atoms with van der Waals surface area (Å²) in [5.41, 5.74) is 0.201. The van der Waals surface area contributed by atoms with E-state index >= 15 is 0 Å². The quantitative estimate of drug-likeness (QED) is 0.769. The Morgan fingerprint density at radius 2 is 1.96 bits per heavy atom. The van der Waals surface area contributed by atoms with Crippen molar-refractivity contribution in [2.45, 2.75) is 6.04 Å². The van der Waals surface area contributed by atoms with Crippen molar-refractivity contribution in [3.8, 4) is 0 Å². The molecule has 26 heavy (non-hydrogen) atoms. The number of carbonyl (C=O) groups excluding carboxylic acids is 3. The summed E-state index contributed by atoms with van der Waals surface area (Å²) in [5, 5.41) is 1.78. The van der Waals surface area contributed by atoms with Gasteiger partial charge in [-0.3, -0.25) is 9.59 Å². The Hall–Kier alpha value is -2.74. The van der Waals surface area contributed by atoms with E-state index in [2.05, 4.69) is 0 Å². The van der Waals surface area contributed by atoms with Crippen LogP contribution >= 0.6 is 11.3 Å². The number of esters is 1. The van der Waals surface area contributed by atoms with Gasteiger partial charge in [0.25, 0.3) is 11.8 Å². The summed E-state index contributed by atoms with van der Waals surface area (Å²) < 4.78 is 18.2. The molecule has 0 unspecified atom stereocenters. The molecular formula is C18H17FN2O4S. The number of halogens is 1. The van der Waals surface area contributed by atoms with Crippen LogP contribution in [-0.2, 0) is 9.53 Å². The molecule has 0 spiro atoms. The predicted molar refractivity (Wildman–Crippen MR) is 93.5 cm³/mol. The SMILES string of the molecule is COC(=O)[C@H]1CN(C(=O)c2cccc(F)c2)CCN1C(=O)c1cccs1. The molecule has 0 bridgehead atoms. The minimum absolute atomic E-state index is 0.000858. The first kappa shape index (κ1) is 18.1. The molecule has 1 aliphatic rings. The fraction of sp³-hybridized carbons (Fsp3) is 0.278. The first-order chi connectivity index (χ1) is 12.5. The minimum atomic E-state index is -0.902. The van der Waals surface area contributed by atoms with E-state index in [9.17, 15) is 18.8 Å². The number of thiophene rings is 1. The summed E-state index contributed by atoms with van der Waals surface area (Å²) in [7, 11) is 1.24. The fourth-order valence-corrected chi connectivity index (χ4v) is 3.57. The third-order valence-corrected chi connectivity index (χ3v) is 5.06. The summed E-state index contributed by atoms with van der Waals surface area (Å²) in [5.74, 6) is -1.76. The zero-order valence-electron chi connectivity index (χ0n) is 14.1. The molecule has 0 saturated carbocycles. The second-order valence-corrected chi connectivity index (χ2v) is 6.72. The third-order valence-electron chi connectivity index (χ3n) is 4.21. The molecule has 6 nitrogen and oxygen atoms in total. The van der Waals surface area contributed by atoms with E-state index in [1.54, 1.807) is 17.5 Å². The van der Waals surface area contributed by atoms with Crippen molar-refractivity contribution in [3.63, 3.8) is 0 Å². The van der Waals surface area contributed by atoms with Gasteiger partial charge in [-0.05, 0) is 29.6 Å². The number of benzene rings is 1. The van der Waals surface area contributed by atoms with Crippen LogP contribution in [-0.4, -0.2) is 60.4 Å². The van der Waals surface area contributed by atoms with Gasteiger partial charge in [0.1, 0.15) is 11.9 Å². The van der Waals surface area contributed by atoms with Gasteiger partial charge in [-0.15, -0.1) is 11.3 Å². The Labute approximate surface area is 153 Å². The lowest BCUT2D eigenvalue weighted by Gasteiger charge is -2.39. The van der Waals surface area contributed by atoms with Gasteiger partial charge in [-0.25, -0.2) is 9.18 Å². The van der Waals surface area contributed by atoms with E-state index in [4.69, 9.17) is 4.74 Å². The molecule has 3 rings (SSSR count). The Kier molecular flexibility index (Phi) is 5.32. The number of methoxy groups -OCH3 is 1. The van der Waals surface area contributed by atoms with Gasteiger partial charge in [0.15, 0.2) is 0 Å². The maximum atomic E-state index is 13.4. The van der Waals surface area contributed by atoms with Gasteiger partial charge in [0, 0.05) is 18.7 Å². The highest BCUT2D eigenvalue weighted by Gasteiger charge is 2.38. The molecule has 2 heterocycles. The topological polar surface area (TPSA) is 66.9 Å². The number of carbonyl (C=O) groups is 3. The standard InChI is InChI=1S/C18H17FN2O4S/c1-25-18(24)14-11-20(16(22)12-4-2-5-13(19)10-12)7-8-21(14)17(23)15-6-3-9-26-15/h2-6,9-10,14H,7-8,11H2,1H3/t14-/m1/s1. The average Bonchev–Trinajstić information content (AvgIpc) is 3.20. The fourth-order valence-electron chi connectivity index (χ4n) is 2.89. The molecule has 1 aromatic heterocycles. The molecule has 8 heteroatoms. The first-order valence-electron chi connectivity index (χ1n) is 7.98. The molecule has 0 aliphatic carbocycles. The van der Waals surface area contributed by atoms with Crippen LogP contribution in [0.25, 0.3) is 0 Å². The van der Waals surface area contributed by atoms with Crippen molar-refractivity contribution in [1.29, 1.82) is 0 Å².